The molecule has 2 heterocycles. The van der Waals surface area contributed by atoms with Crippen LogP contribution in [0.1, 0.15) is 17.3 Å². The molecule has 0 saturated heterocycles. The number of hydrogen-bond donors (Lipinski definition) is 3. The van der Waals surface area contributed by atoms with E-state index in [-0.39, 0.29) is 23.1 Å². The number of rotatable bonds is 2. The first-order valence-corrected chi connectivity index (χ1v) is 6.05. The number of fused-ring (bicyclic) bond motifs is 1. The Morgan fingerprint density at radius 1 is 1.21 bits per heavy atom. The van der Waals surface area contributed by atoms with Crippen LogP contribution >= 0.6 is 17.0 Å². The Morgan fingerprint density at radius 3 is 2.79 bits per heavy atom. The summed E-state index contributed by atoms with van der Waals surface area (Å²) < 4.78 is 0. The Morgan fingerprint density at radius 2 is 2.00 bits per heavy atom. The molecule has 100 valence electrons. The second kappa shape index (κ2) is 6.04. The van der Waals surface area contributed by atoms with E-state index in [0.717, 1.165) is 24.2 Å². The lowest BCUT2D eigenvalue weighted by Gasteiger charge is -2.29. The average molecular weight is 322 g/mol. The summed E-state index contributed by atoms with van der Waals surface area (Å²) in [5.74, 6) is 0.339. The summed E-state index contributed by atoms with van der Waals surface area (Å²) in [5, 5.41) is 16.8. The van der Waals surface area contributed by atoms with Gasteiger partial charge >= 0.3 is 0 Å². The third kappa shape index (κ3) is 2.88. The van der Waals surface area contributed by atoms with Crippen molar-refractivity contribution in [3.05, 3.63) is 53.9 Å². The minimum absolute atomic E-state index is 0. The van der Waals surface area contributed by atoms with Crippen LogP contribution in [0, 0.1) is 0 Å². The highest BCUT2D eigenvalue weighted by atomic mass is 79.9. The summed E-state index contributed by atoms with van der Waals surface area (Å²) in [7, 11) is 0. The second-order valence-electron chi connectivity index (χ2n) is 4.37. The summed E-state index contributed by atoms with van der Waals surface area (Å²) in [4.78, 5) is 3.99. The van der Waals surface area contributed by atoms with Crippen molar-refractivity contribution in [2.24, 2.45) is 0 Å². The summed E-state index contributed by atoms with van der Waals surface area (Å²) in [6.45, 7) is 0.902. The number of hydrogen-bond acceptors (Lipinski definition) is 4. The number of pyridine rings is 1. The number of phenols is 1. The van der Waals surface area contributed by atoms with E-state index in [4.69, 9.17) is 0 Å². The molecule has 0 bridgehead atoms. The van der Waals surface area contributed by atoms with E-state index in [0.29, 0.717) is 5.75 Å². The molecule has 0 saturated carbocycles. The molecule has 0 aliphatic carbocycles. The predicted molar refractivity (Wildman–Crippen MR) is 80.7 cm³/mol. The van der Waals surface area contributed by atoms with Gasteiger partial charge in [-0.2, -0.15) is 0 Å². The van der Waals surface area contributed by atoms with Gasteiger partial charge in [-0.1, -0.05) is 12.1 Å². The van der Waals surface area contributed by atoms with Crippen molar-refractivity contribution in [1.82, 2.24) is 10.3 Å². The first-order chi connectivity index (χ1) is 8.84. The van der Waals surface area contributed by atoms with Gasteiger partial charge in [0.1, 0.15) is 11.9 Å². The van der Waals surface area contributed by atoms with Crippen molar-refractivity contribution in [2.75, 3.05) is 11.9 Å². The fourth-order valence-corrected chi connectivity index (χ4v) is 2.34. The molecule has 1 atom stereocenters. The molecule has 5 heteroatoms. The Hall–Kier alpha value is -1.59. The number of phenolic OH excluding ortho intramolecular Hbond substituents is 1. The Balaban J connectivity index is 0.00000133. The van der Waals surface area contributed by atoms with Crippen LogP contribution in [-0.4, -0.2) is 16.6 Å². The van der Waals surface area contributed by atoms with E-state index >= 15 is 0 Å². The van der Waals surface area contributed by atoms with Gasteiger partial charge in [0, 0.05) is 30.2 Å². The molecule has 1 aromatic carbocycles. The third-order valence-corrected chi connectivity index (χ3v) is 3.20. The Kier molecular flexibility index (Phi) is 4.39. The highest BCUT2D eigenvalue weighted by molar-refractivity contribution is 8.93. The van der Waals surface area contributed by atoms with Crippen LogP contribution in [0.2, 0.25) is 0 Å². The molecule has 1 aromatic heterocycles. The van der Waals surface area contributed by atoms with Crippen molar-refractivity contribution in [3.8, 4) is 5.75 Å². The minimum atomic E-state index is -0.0580. The van der Waals surface area contributed by atoms with Crippen LogP contribution in [-0.2, 0) is 6.42 Å². The molecule has 3 N–H and O–H groups in total. The minimum Gasteiger partial charge on any atom is -0.508 e. The monoisotopic (exact) mass is 321 g/mol. The van der Waals surface area contributed by atoms with E-state index in [1.165, 1.54) is 5.56 Å². The van der Waals surface area contributed by atoms with Gasteiger partial charge in [0.25, 0.3) is 0 Å². The lowest BCUT2D eigenvalue weighted by Crippen LogP contribution is -2.34. The standard InChI is InChI=1S/C14H15N3O.BrH/c18-12-3-1-2-10-4-9-16-14(13(10)12)17-11-5-7-15-8-6-11;/h1-3,5-8,14,16,18H,4,9H2,(H,15,17);1H. The summed E-state index contributed by atoms with van der Waals surface area (Å²) >= 11 is 0. The summed E-state index contributed by atoms with van der Waals surface area (Å²) in [6, 6.07) is 9.51. The maximum atomic E-state index is 10.0. The fraction of sp³-hybridized carbons (Fsp3) is 0.214. The lowest BCUT2D eigenvalue weighted by molar-refractivity contribution is 0.445. The lowest BCUT2D eigenvalue weighted by atomic mass is 9.97. The van der Waals surface area contributed by atoms with E-state index in [9.17, 15) is 5.11 Å². The number of nitrogens with one attached hydrogen (secondary N) is 2. The molecule has 0 radical (unpaired) electrons. The van der Waals surface area contributed by atoms with Gasteiger partial charge in [-0.3, -0.25) is 10.3 Å². The predicted octanol–water partition coefficient (Wildman–Crippen LogP) is 2.62. The van der Waals surface area contributed by atoms with Crippen molar-refractivity contribution in [3.63, 3.8) is 0 Å². The zero-order valence-corrected chi connectivity index (χ0v) is 12.0. The SMILES string of the molecule is Br.Oc1cccc2c1C(Nc1ccncc1)NCC2. The zero-order chi connectivity index (χ0) is 12.4. The maximum absolute atomic E-state index is 10.0. The van der Waals surface area contributed by atoms with Gasteiger partial charge in [-0.25, -0.2) is 0 Å². The Labute approximate surface area is 122 Å². The van der Waals surface area contributed by atoms with Crippen molar-refractivity contribution < 1.29 is 5.11 Å². The van der Waals surface area contributed by atoms with Crippen LogP contribution < -0.4 is 10.6 Å². The Bertz CT molecular complexity index is 548. The molecule has 19 heavy (non-hydrogen) atoms. The van der Waals surface area contributed by atoms with Gasteiger partial charge in [0.05, 0.1) is 0 Å². The molecule has 1 aliphatic rings. The number of nitrogens with zero attached hydrogens (tertiary/aromatic N) is 1. The molecular formula is C14H16BrN3O. The van der Waals surface area contributed by atoms with E-state index in [2.05, 4.69) is 21.7 Å². The van der Waals surface area contributed by atoms with Gasteiger partial charge in [-0.15, -0.1) is 17.0 Å². The molecule has 4 nitrogen and oxygen atoms in total. The van der Waals surface area contributed by atoms with Crippen molar-refractivity contribution in [2.45, 2.75) is 12.6 Å². The first kappa shape index (κ1) is 13.8. The number of halogens is 1. The number of benzene rings is 1. The smallest absolute Gasteiger partial charge is 0.122 e. The third-order valence-electron chi connectivity index (χ3n) is 3.20. The van der Waals surface area contributed by atoms with Gasteiger partial charge in [0.2, 0.25) is 0 Å². The molecule has 1 aliphatic heterocycles. The fourth-order valence-electron chi connectivity index (χ4n) is 2.34. The van der Waals surface area contributed by atoms with Gasteiger partial charge in [-0.05, 0) is 30.2 Å². The first-order valence-electron chi connectivity index (χ1n) is 6.05. The van der Waals surface area contributed by atoms with E-state index in [1.54, 1.807) is 18.5 Å². The normalized spacial score (nSPS) is 17.2. The maximum Gasteiger partial charge on any atom is 0.122 e. The molecule has 0 fully saturated rings. The molecule has 0 spiro atoms. The average Bonchev–Trinajstić information content (AvgIpc) is 2.40. The van der Waals surface area contributed by atoms with Crippen LogP contribution in [0.3, 0.4) is 0 Å². The van der Waals surface area contributed by atoms with Crippen LogP contribution in [0.5, 0.6) is 5.75 Å². The van der Waals surface area contributed by atoms with E-state index < -0.39 is 0 Å². The summed E-state index contributed by atoms with van der Waals surface area (Å²) in [6.07, 6.45) is 4.38. The van der Waals surface area contributed by atoms with Crippen molar-refractivity contribution >= 4 is 22.7 Å². The number of anilines is 1. The highest BCUT2D eigenvalue weighted by Gasteiger charge is 2.22. The van der Waals surface area contributed by atoms with Gasteiger partial charge in [0.15, 0.2) is 0 Å². The largest absolute Gasteiger partial charge is 0.508 e. The molecule has 2 aromatic rings. The highest BCUT2D eigenvalue weighted by Crippen LogP contribution is 2.31. The topological polar surface area (TPSA) is 57.2 Å². The molecular weight excluding hydrogens is 306 g/mol. The van der Waals surface area contributed by atoms with E-state index in [1.807, 2.05) is 18.2 Å². The van der Waals surface area contributed by atoms with Crippen LogP contribution in [0.15, 0.2) is 42.7 Å². The zero-order valence-electron chi connectivity index (χ0n) is 10.3. The molecule has 1 unspecified atom stereocenters. The summed E-state index contributed by atoms with van der Waals surface area (Å²) in [5.41, 5.74) is 3.12. The van der Waals surface area contributed by atoms with Crippen LogP contribution in [0.25, 0.3) is 0 Å². The number of aromatic hydroxyl groups is 1. The molecule has 0 amide bonds. The van der Waals surface area contributed by atoms with Gasteiger partial charge < -0.3 is 10.4 Å². The number of aromatic nitrogens is 1. The quantitative estimate of drug-likeness (QED) is 0.796. The van der Waals surface area contributed by atoms with Crippen molar-refractivity contribution in [1.29, 1.82) is 0 Å². The molecule has 3 rings (SSSR count). The van der Waals surface area contributed by atoms with Crippen LogP contribution in [0.4, 0.5) is 5.69 Å². The second-order valence-corrected chi connectivity index (χ2v) is 4.37.